The largest absolute Gasteiger partial charge is 0.312 e. The zero-order valence-corrected chi connectivity index (χ0v) is 8.26. The summed E-state index contributed by atoms with van der Waals surface area (Å²) in [6.07, 6.45) is 3.55. The third-order valence-corrected chi connectivity index (χ3v) is 2.83. The van der Waals surface area contributed by atoms with Crippen molar-refractivity contribution in [2.45, 2.75) is 25.8 Å². The molecular weight excluding hydrogens is 220 g/mol. The molecule has 12 heavy (non-hydrogen) atoms. The normalized spacial score (nSPS) is 15.8. The second-order valence-corrected chi connectivity index (χ2v) is 3.68. The number of hydrazine groups is 1. The van der Waals surface area contributed by atoms with E-state index in [0.717, 1.165) is 23.5 Å². The van der Waals surface area contributed by atoms with Crippen LogP contribution in [0.2, 0.25) is 0 Å². The van der Waals surface area contributed by atoms with E-state index in [-0.39, 0.29) is 0 Å². The van der Waals surface area contributed by atoms with Gasteiger partial charge in [-0.25, -0.2) is 10.8 Å². The quantitative estimate of drug-likeness (QED) is 0.565. The van der Waals surface area contributed by atoms with Crippen LogP contribution in [-0.2, 0) is 13.0 Å². The number of aromatic nitrogens is 2. The number of anilines is 1. The fraction of sp³-hybridized carbons (Fsp3) is 0.571. The first kappa shape index (κ1) is 8.07. The zero-order valence-electron chi connectivity index (χ0n) is 6.68. The number of imidazole rings is 1. The van der Waals surface area contributed by atoms with Gasteiger partial charge < -0.3 is 4.57 Å². The lowest BCUT2D eigenvalue weighted by molar-refractivity contribution is 0.535. The molecule has 0 radical (unpaired) electrons. The summed E-state index contributed by atoms with van der Waals surface area (Å²) in [6, 6.07) is 0. The van der Waals surface area contributed by atoms with Gasteiger partial charge in [0.25, 0.3) is 0 Å². The Hall–Kier alpha value is -0.550. The Labute approximate surface area is 79.3 Å². The minimum absolute atomic E-state index is 0.761. The van der Waals surface area contributed by atoms with E-state index >= 15 is 0 Å². The van der Waals surface area contributed by atoms with Crippen molar-refractivity contribution in [1.82, 2.24) is 9.55 Å². The maximum absolute atomic E-state index is 5.33. The molecule has 1 aromatic heterocycles. The van der Waals surface area contributed by atoms with Crippen molar-refractivity contribution in [1.29, 1.82) is 0 Å². The van der Waals surface area contributed by atoms with E-state index in [1.807, 2.05) is 0 Å². The molecule has 66 valence electrons. The van der Waals surface area contributed by atoms with Gasteiger partial charge in [-0.2, -0.15) is 0 Å². The van der Waals surface area contributed by atoms with Gasteiger partial charge in [-0.15, -0.1) is 0 Å². The molecule has 0 aromatic carbocycles. The minimum Gasteiger partial charge on any atom is -0.312 e. The van der Waals surface area contributed by atoms with E-state index in [1.54, 1.807) is 0 Å². The van der Waals surface area contributed by atoms with Crippen LogP contribution in [0.3, 0.4) is 0 Å². The van der Waals surface area contributed by atoms with Crippen molar-refractivity contribution in [2.75, 3.05) is 5.43 Å². The van der Waals surface area contributed by atoms with Gasteiger partial charge >= 0.3 is 0 Å². The van der Waals surface area contributed by atoms with Gasteiger partial charge in [0.15, 0.2) is 0 Å². The Balaban J connectivity index is 2.47. The standard InChI is InChI=1S/C7H11BrN4/c8-6-5-3-1-2-4-12(5)7(10-6)11-9/h1-4,9H2,(H,10,11). The minimum atomic E-state index is 0.761. The maximum Gasteiger partial charge on any atom is 0.218 e. The smallest absolute Gasteiger partial charge is 0.218 e. The first-order chi connectivity index (χ1) is 5.83. The Kier molecular flexibility index (Phi) is 2.06. The van der Waals surface area contributed by atoms with Crippen LogP contribution in [0.1, 0.15) is 18.5 Å². The average Bonchev–Trinajstić information content (AvgIpc) is 2.44. The molecule has 0 saturated heterocycles. The molecule has 2 heterocycles. The highest BCUT2D eigenvalue weighted by atomic mass is 79.9. The van der Waals surface area contributed by atoms with Gasteiger partial charge in [-0.3, -0.25) is 5.43 Å². The lowest BCUT2D eigenvalue weighted by atomic mass is 10.1. The predicted molar refractivity (Wildman–Crippen MR) is 50.7 cm³/mol. The van der Waals surface area contributed by atoms with Crippen molar-refractivity contribution < 1.29 is 0 Å². The number of nitrogens with two attached hydrogens (primary N) is 1. The predicted octanol–water partition coefficient (Wildman–Crippen LogP) is 1.27. The second-order valence-electron chi connectivity index (χ2n) is 2.93. The second kappa shape index (κ2) is 3.06. The summed E-state index contributed by atoms with van der Waals surface area (Å²) >= 11 is 3.42. The van der Waals surface area contributed by atoms with E-state index in [2.05, 4.69) is 30.9 Å². The SMILES string of the molecule is NNc1nc(Br)c2n1CCCC2. The summed E-state index contributed by atoms with van der Waals surface area (Å²) in [5.41, 5.74) is 3.86. The van der Waals surface area contributed by atoms with Gasteiger partial charge in [0.1, 0.15) is 4.60 Å². The number of fused-ring (bicyclic) bond motifs is 1. The first-order valence-corrected chi connectivity index (χ1v) is 4.83. The number of hydrogen-bond acceptors (Lipinski definition) is 3. The third-order valence-electron chi connectivity index (χ3n) is 2.20. The highest BCUT2D eigenvalue weighted by molar-refractivity contribution is 9.10. The van der Waals surface area contributed by atoms with Crippen LogP contribution in [-0.4, -0.2) is 9.55 Å². The van der Waals surface area contributed by atoms with Crippen LogP contribution in [0, 0.1) is 0 Å². The zero-order chi connectivity index (χ0) is 8.55. The summed E-state index contributed by atoms with van der Waals surface area (Å²) in [4.78, 5) is 4.25. The lowest BCUT2D eigenvalue weighted by Gasteiger charge is -2.15. The molecule has 3 N–H and O–H groups in total. The fourth-order valence-electron chi connectivity index (χ4n) is 1.61. The van der Waals surface area contributed by atoms with E-state index in [9.17, 15) is 0 Å². The number of halogens is 1. The number of nitrogens with zero attached hydrogens (tertiary/aromatic N) is 2. The monoisotopic (exact) mass is 230 g/mol. The van der Waals surface area contributed by atoms with E-state index < -0.39 is 0 Å². The molecule has 1 aliphatic rings. The van der Waals surface area contributed by atoms with Crippen molar-refractivity contribution >= 4 is 21.9 Å². The third kappa shape index (κ3) is 1.13. The maximum atomic E-state index is 5.33. The Bertz CT molecular complexity index is 294. The molecule has 1 aliphatic heterocycles. The van der Waals surface area contributed by atoms with E-state index in [4.69, 9.17) is 5.84 Å². The van der Waals surface area contributed by atoms with Gasteiger partial charge in [0, 0.05) is 6.54 Å². The van der Waals surface area contributed by atoms with E-state index in [1.165, 1.54) is 18.5 Å². The fourth-order valence-corrected chi connectivity index (χ4v) is 2.19. The summed E-state index contributed by atoms with van der Waals surface area (Å²) in [7, 11) is 0. The van der Waals surface area contributed by atoms with Crippen molar-refractivity contribution in [3.05, 3.63) is 10.3 Å². The molecule has 0 bridgehead atoms. The lowest BCUT2D eigenvalue weighted by Crippen LogP contribution is -2.17. The summed E-state index contributed by atoms with van der Waals surface area (Å²) in [5.74, 6) is 6.09. The molecule has 0 saturated carbocycles. The Morgan fingerprint density at radius 3 is 3.08 bits per heavy atom. The summed E-state index contributed by atoms with van der Waals surface area (Å²) in [5, 5.41) is 0. The van der Waals surface area contributed by atoms with Crippen molar-refractivity contribution in [3.8, 4) is 0 Å². The first-order valence-electron chi connectivity index (χ1n) is 4.04. The van der Waals surface area contributed by atoms with Crippen LogP contribution in [0.25, 0.3) is 0 Å². The van der Waals surface area contributed by atoms with Crippen LogP contribution >= 0.6 is 15.9 Å². The molecule has 0 fully saturated rings. The van der Waals surface area contributed by atoms with Gasteiger partial charge in [-0.1, -0.05) is 0 Å². The van der Waals surface area contributed by atoms with Gasteiger partial charge in [0.2, 0.25) is 5.95 Å². The molecular formula is C7H11BrN4. The molecule has 1 aromatic rings. The Morgan fingerprint density at radius 2 is 2.33 bits per heavy atom. The van der Waals surface area contributed by atoms with Crippen LogP contribution in [0.4, 0.5) is 5.95 Å². The topological polar surface area (TPSA) is 55.9 Å². The number of hydrogen-bond donors (Lipinski definition) is 2. The van der Waals surface area contributed by atoms with Crippen molar-refractivity contribution in [2.24, 2.45) is 5.84 Å². The van der Waals surface area contributed by atoms with Crippen LogP contribution in [0.15, 0.2) is 4.60 Å². The molecule has 0 atom stereocenters. The van der Waals surface area contributed by atoms with E-state index in [0.29, 0.717) is 0 Å². The van der Waals surface area contributed by atoms with Crippen LogP contribution in [0.5, 0.6) is 0 Å². The van der Waals surface area contributed by atoms with Gasteiger partial charge in [0.05, 0.1) is 5.69 Å². The van der Waals surface area contributed by atoms with Crippen molar-refractivity contribution in [3.63, 3.8) is 0 Å². The summed E-state index contributed by atoms with van der Waals surface area (Å²) in [6.45, 7) is 1.02. The average molecular weight is 231 g/mol. The van der Waals surface area contributed by atoms with Gasteiger partial charge in [-0.05, 0) is 35.2 Å². The summed E-state index contributed by atoms with van der Waals surface area (Å²) < 4.78 is 3.06. The number of rotatable bonds is 1. The molecule has 0 amide bonds. The van der Waals surface area contributed by atoms with Crippen LogP contribution < -0.4 is 11.3 Å². The molecule has 5 heteroatoms. The Morgan fingerprint density at radius 1 is 1.50 bits per heavy atom. The highest BCUT2D eigenvalue weighted by Gasteiger charge is 2.17. The molecule has 0 unspecified atom stereocenters. The number of nitrogen functional groups attached to an aromatic ring is 1. The number of nitrogens with one attached hydrogen (secondary N) is 1. The molecule has 4 nitrogen and oxygen atoms in total. The molecule has 2 rings (SSSR count). The highest BCUT2D eigenvalue weighted by Crippen LogP contribution is 2.26. The molecule has 0 spiro atoms. The molecule has 0 aliphatic carbocycles.